The Balaban J connectivity index is 1.69. The number of thioether (sulfide) groups is 1. The van der Waals surface area contributed by atoms with Gasteiger partial charge in [-0.1, -0.05) is 53.8 Å². The molecule has 3 rings (SSSR count). The van der Waals surface area contributed by atoms with Crippen LogP contribution in [0.2, 0.25) is 0 Å². The number of carbonyl (C=O) groups is 3. The van der Waals surface area contributed by atoms with E-state index in [1.54, 1.807) is 42.5 Å². The molecule has 6 nitrogen and oxygen atoms in total. The maximum absolute atomic E-state index is 12.3. The van der Waals surface area contributed by atoms with Crippen molar-refractivity contribution in [3.05, 3.63) is 70.1 Å². The van der Waals surface area contributed by atoms with Crippen molar-refractivity contribution in [1.82, 2.24) is 4.90 Å². The number of carboxylic acid groups (broad SMARTS) is 1. The number of esters is 1. The fourth-order valence-corrected chi connectivity index (χ4v) is 3.67. The molecule has 1 fully saturated rings. The molecule has 1 saturated heterocycles. The highest BCUT2D eigenvalue weighted by Crippen LogP contribution is 2.32. The molecule has 0 saturated carbocycles. The van der Waals surface area contributed by atoms with Crippen LogP contribution in [0.3, 0.4) is 0 Å². The van der Waals surface area contributed by atoms with Crippen molar-refractivity contribution in [2.75, 3.05) is 6.54 Å². The lowest BCUT2D eigenvalue weighted by Gasteiger charge is -2.10. The molecule has 0 aliphatic carbocycles. The van der Waals surface area contributed by atoms with E-state index in [2.05, 4.69) is 0 Å². The zero-order chi connectivity index (χ0) is 20.3. The van der Waals surface area contributed by atoms with Gasteiger partial charge in [-0.2, -0.15) is 0 Å². The van der Waals surface area contributed by atoms with E-state index in [1.165, 1.54) is 0 Å². The van der Waals surface area contributed by atoms with Crippen LogP contribution < -0.4 is 4.74 Å². The Labute approximate surface area is 170 Å². The first-order chi connectivity index (χ1) is 13.3. The van der Waals surface area contributed by atoms with Gasteiger partial charge in [0.15, 0.2) is 0 Å². The van der Waals surface area contributed by atoms with E-state index in [1.807, 2.05) is 19.1 Å². The molecule has 0 radical (unpaired) electrons. The lowest BCUT2D eigenvalue weighted by Crippen LogP contribution is -2.33. The van der Waals surface area contributed by atoms with Gasteiger partial charge in [-0.15, -0.1) is 0 Å². The number of rotatable bonds is 5. The van der Waals surface area contributed by atoms with E-state index in [0.29, 0.717) is 21.8 Å². The van der Waals surface area contributed by atoms with Crippen molar-refractivity contribution in [2.45, 2.75) is 6.92 Å². The van der Waals surface area contributed by atoms with Gasteiger partial charge < -0.3 is 9.84 Å². The molecule has 2 aromatic carbocycles. The third kappa shape index (κ3) is 4.65. The second kappa shape index (κ2) is 8.37. The summed E-state index contributed by atoms with van der Waals surface area (Å²) in [6, 6.07) is 13.7. The van der Waals surface area contributed by atoms with Gasteiger partial charge in [0.2, 0.25) is 0 Å². The van der Waals surface area contributed by atoms with Gasteiger partial charge in [0.05, 0.1) is 10.5 Å². The zero-order valence-electron chi connectivity index (χ0n) is 14.7. The van der Waals surface area contributed by atoms with Crippen LogP contribution in [0.15, 0.2) is 53.4 Å². The summed E-state index contributed by atoms with van der Waals surface area (Å²) in [6.45, 7) is 1.47. The smallest absolute Gasteiger partial charge is 0.343 e. The van der Waals surface area contributed by atoms with Crippen molar-refractivity contribution in [2.24, 2.45) is 0 Å². The third-order valence-corrected chi connectivity index (χ3v) is 5.22. The lowest BCUT2D eigenvalue weighted by molar-refractivity contribution is -0.140. The molecular formula is C20H15NO5S2. The van der Waals surface area contributed by atoms with E-state index in [4.69, 9.17) is 22.1 Å². The number of carboxylic acids is 1. The molecule has 1 heterocycles. The van der Waals surface area contributed by atoms with Gasteiger partial charge in [0.1, 0.15) is 16.6 Å². The Bertz CT molecular complexity index is 981. The molecular weight excluding hydrogens is 398 g/mol. The molecule has 2 aromatic rings. The van der Waals surface area contributed by atoms with Crippen LogP contribution in [0.1, 0.15) is 21.5 Å². The minimum Gasteiger partial charge on any atom is -0.480 e. The summed E-state index contributed by atoms with van der Waals surface area (Å²) in [6.07, 6.45) is 1.62. The zero-order valence-corrected chi connectivity index (χ0v) is 16.4. The van der Waals surface area contributed by atoms with Crippen molar-refractivity contribution >= 4 is 52.2 Å². The minimum absolute atomic E-state index is 0.210. The van der Waals surface area contributed by atoms with Gasteiger partial charge in [-0.25, -0.2) is 4.79 Å². The molecule has 1 aliphatic rings. The number of ether oxygens (including phenoxy) is 1. The first-order valence-corrected chi connectivity index (χ1v) is 9.42. The van der Waals surface area contributed by atoms with Crippen LogP contribution >= 0.6 is 24.0 Å². The highest BCUT2D eigenvalue weighted by atomic mass is 32.2. The number of thiocarbonyl (C=S) groups is 1. The fraction of sp³-hybridized carbons (Fsp3) is 0.100. The van der Waals surface area contributed by atoms with Crippen LogP contribution in [0.25, 0.3) is 6.08 Å². The quantitative estimate of drug-likeness (QED) is 0.348. The lowest BCUT2D eigenvalue weighted by atomic mass is 10.1. The number of nitrogens with zero attached hydrogens (tertiary/aromatic N) is 1. The summed E-state index contributed by atoms with van der Waals surface area (Å²) in [5, 5.41) is 8.86. The van der Waals surface area contributed by atoms with Gasteiger partial charge in [0, 0.05) is 0 Å². The Kier molecular flexibility index (Phi) is 5.91. The van der Waals surface area contributed by atoms with E-state index in [9.17, 15) is 14.4 Å². The molecule has 28 heavy (non-hydrogen) atoms. The summed E-state index contributed by atoms with van der Waals surface area (Å²) in [5.41, 5.74) is 2.21. The topological polar surface area (TPSA) is 83.9 Å². The molecule has 0 unspecified atom stereocenters. The number of hydrogen-bond donors (Lipinski definition) is 1. The molecule has 0 spiro atoms. The normalized spacial score (nSPS) is 15.2. The Morgan fingerprint density at radius 2 is 1.79 bits per heavy atom. The van der Waals surface area contributed by atoms with E-state index >= 15 is 0 Å². The number of aryl methyl sites for hydroxylation is 1. The molecule has 8 heteroatoms. The minimum atomic E-state index is -1.13. The van der Waals surface area contributed by atoms with Crippen LogP contribution in [0, 0.1) is 6.92 Å². The molecule has 0 atom stereocenters. The fourth-order valence-electron chi connectivity index (χ4n) is 2.41. The Morgan fingerprint density at radius 3 is 2.39 bits per heavy atom. The number of amides is 1. The predicted octanol–water partition coefficient (Wildman–Crippen LogP) is 3.50. The standard InChI is InChI=1S/C20H15NO5S2/c1-12-2-6-14(7-3-12)19(25)26-15-8-4-13(5-9-15)10-16-18(24)21(11-17(22)23)20(27)28-16/h2-10H,11H2,1H3,(H,22,23)/b16-10-. The molecule has 0 aromatic heterocycles. The number of hydrogen-bond acceptors (Lipinski definition) is 6. The van der Waals surface area contributed by atoms with Crippen LogP contribution in [-0.4, -0.2) is 38.7 Å². The largest absolute Gasteiger partial charge is 0.480 e. The van der Waals surface area contributed by atoms with E-state index < -0.39 is 24.4 Å². The van der Waals surface area contributed by atoms with Gasteiger partial charge >= 0.3 is 11.9 Å². The van der Waals surface area contributed by atoms with Crippen molar-refractivity contribution in [3.63, 3.8) is 0 Å². The van der Waals surface area contributed by atoms with E-state index in [-0.39, 0.29) is 4.32 Å². The monoisotopic (exact) mass is 413 g/mol. The van der Waals surface area contributed by atoms with Gasteiger partial charge in [-0.3, -0.25) is 14.5 Å². The summed E-state index contributed by atoms with van der Waals surface area (Å²) in [5.74, 6) is -1.65. The third-order valence-electron chi connectivity index (χ3n) is 3.84. The van der Waals surface area contributed by atoms with Crippen LogP contribution in [-0.2, 0) is 9.59 Å². The maximum Gasteiger partial charge on any atom is 0.343 e. The maximum atomic E-state index is 12.3. The molecule has 0 bridgehead atoms. The summed E-state index contributed by atoms with van der Waals surface area (Å²) in [7, 11) is 0. The first kappa shape index (κ1) is 19.8. The van der Waals surface area contributed by atoms with Crippen molar-refractivity contribution < 1.29 is 24.2 Å². The SMILES string of the molecule is Cc1ccc(C(=O)Oc2ccc(/C=C3\SC(=S)N(CC(=O)O)C3=O)cc2)cc1. The second-order valence-corrected chi connectivity index (χ2v) is 7.66. The molecule has 1 N–H and O–H groups in total. The number of aliphatic carboxylic acids is 1. The highest BCUT2D eigenvalue weighted by Gasteiger charge is 2.33. The summed E-state index contributed by atoms with van der Waals surface area (Å²) >= 11 is 6.11. The van der Waals surface area contributed by atoms with Crippen molar-refractivity contribution in [1.29, 1.82) is 0 Å². The van der Waals surface area contributed by atoms with E-state index in [0.717, 1.165) is 22.2 Å². The highest BCUT2D eigenvalue weighted by molar-refractivity contribution is 8.26. The number of carbonyl (C=O) groups excluding carboxylic acids is 2. The summed E-state index contributed by atoms with van der Waals surface area (Å²) < 4.78 is 5.55. The Morgan fingerprint density at radius 1 is 1.14 bits per heavy atom. The molecule has 1 aliphatic heterocycles. The summed E-state index contributed by atoms with van der Waals surface area (Å²) in [4.78, 5) is 36.6. The number of benzene rings is 2. The Hall–Kier alpha value is -2.97. The molecule has 1 amide bonds. The van der Waals surface area contributed by atoms with Crippen LogP contribution in [0.5, 0.6) is 5.75 Å². The van der Waals surface area contributed by atoms with Gasteiger partial charge in [-0.05, 0) is 42.8 Å². The first-order valence-electron chi connectivity index (χ1n) is 8.19. The average molecular weight is 413 g/mol. The molecule has 142 valence electrons. The average Bonchev–Trinajstić information content (AvgIpc) is 2.91. The predicted molar refractivity (Wildman–Crippen MR) is 110 cm³/mol. The van der Waals surface area contributed by atoms with Crippen molar-refractivity contribution in [3.8, 4) is 5.75 Å². The van der Waals surface area contributed by atoms with Crippen LogP contribution in [0.4, 0.5) is 0 Å². The second-order valence-electron chi connectivity index (χ2n) is 5.99. The van der Waals surface area contributed by atoms with Gasteiger partial charge in [0.25, 0.3) is 5.91 Å².